The Morgan fingerprint density at radius 3 is 2.38 bits per heavy atom. The second-order valence-electron chi connectivity index (χ2n) is 3.66. The number of halogens is 2. The predicted octanol–water partition coefficient (Wildman–Crippen LogP) is 2.78. The Balaban J connectivity index is 2.47. The Kier molecular flexibility index (Phi) is 3.45. The Hall–Kier alpha value is -0.290. The van der Waals surface area contributed by atoms with Gasteiger partial charge in [0.05, 0.1) is 10.0 Å². The van der Waals surface area contributed by atoms with Gasteiger partial charge in [-0.3, -0.25) is 0 Å². The molecular weight excluding hydrogens is 269 g/mol. The summed E-state index contributed by atoms with van der Waals surface area (Å²) >= 11 is 11.7. The number of rotatable bonds is 2. The van der Waals surface area contributed by atoms with Crippen LogP contribution >= 0.6 is 23.2 Å². The van der Waals surface area contributed by atoms with E-state index in [1.807, 2.05) is 0 Å². The summed E-state index contributed by atoms with van der Waals surface area (Å²) in [6, 6.07) is 4.66. The molecule has 16 heavy (non-hydrogen) atoms. The third-order valence-electron chi connectivity index (χ3n) is 2.60. The van der Waals surface area contributed by atoms with Crippen LogP contribution in [0.2, 0.25) is 10.0 Å². The van der Waals surface area contributed by atoms with E-state index in [0.717, 1.165) is 12.8 Å². The van der Waals surface area contributed by atoms with E-state index < -0.39 is 10.0 Å². The fourth-order valence-electron chi connectivity index (χ4n) is 1.75. The summed E-state index contributed by atoms with van der Waals surface area (Å²) in [7, 11) is -3.47. The number of sulfonamides is 1. The highest BCUT2D eigenvalue weighted by atomic mass is 35.5. The highest BCUT2D eigenvalue weighted by Crippen LogP contribution is 2.31. The highest BCUT2D eigenvalue weighted by Gasteiger charge is 2.29. The number of hydrogen-bond donors (Lipinski definition) is 0. The van der Waals surface area contributed by atoms with Gasteiger partial charge in [0.1, 0.15) is 4.90 Å². The molecule has 1 aromatic carbocycles. The van der Waals surface area contributed by atoms with Crippen molar-refractivity contribution < 1.29 is 8.42 Å². The van der Waals surface area contributed by atoms with Gasteiger partial charge in [-0.15, -0.1) is 0 Å². The topological polar surface area (TPSA) is 37.4 Å². The summed E-state index contributed by atoms with van der Waals surface area (Å²) in [5.41, 5.74) is 0. The van der Waals surface area contributed by atoms with Gasteiger partial charge in [0.25, 0.3) is 0 Å². The van der Waals surface area contributed by atoms with E-state index >= 15 is 0 Å². The lowest BCUT2D eigenvalue weighted by Crippen LogP contribution is -2.28. The van der Waals surface area contributed by atoms with Crippen LogP contribution in [0.5, 0.6) is 0 Å². The lowest BCUT2D eigenvalue weighted by Gasteiger charge is -2.16. The molecule has 0 bridgehead atoms. The normalized spacial score (nSPS) is 17.9. The second-order valence-corrected chi connectivity index (χ2v) is 6.35. The van der Waals surface area contributed by atoms with Crippen molar-refractivity contribution in [2.75, 3.05) is 13.1 Å². The Bertz CT molecular complexity index is 496. The number of benzene rings is 1. The first-order chi connectivity index (χ1) is 7.53. The summed E-state index contributed by atoms with van der Waals surface area (Å²) in [4.78, 5) is 0.101. The van der Waals surface area contributed by atoms with Crippen LogP contribution in [0.15, 0.2) is 23.1 Å². The van der Waals surface area contributed by atoms with E-state index in [1.165, 1.54) is 10.4 Å². The molecule has 1 saturated heterocycles. The second kappa shape index (κ2) is 4.53. The van der Waals surface area contributed by atoms with Gasteiger partial charge in [0, 0.05) is 13.1 Å². The SMILES string of the molecule is O=S(=O)(c1cccc(Cl)c1Cl)N1CCCC1. The van der Waals surface area contributed by atoms with Gasteiger partial charge < -0.3 is 0 Å². The Labute approximate surface area is 105 Å². The summed E-state index contributed by atoms with van der Waals surface area (Å²) in [5, 5.41) is 0.373. The van der Waals surface area contributed by atoms with E-state index in [9.17, 15) is 8.42 Å². The van der Waals surface area contributed by atoms with Gasteiger partial charge >= 0.3 is 0 Å². The zero-order chi connectivity index (χ0) is 11.8. The van der Waals surface area contributed by atoms with Crippen molar-refractivity contribution in [2.45, 2.75) is 17.7 Å². The van der Waals surface area contributed by atoms with Crippen LogP contribution in [-0.4, -0.2) is 25.8 Å². The van der Waals surface area contributed by atoms with Crippen molar-refractivity contribution in [2.24, 2.45) is 0 Å². The quantitative estimate of drug-likeness (QED) is 0.835. The van der Waals surface area contributed by atoms with Gasteiger partial charge in [0.15, 0.2) is 0 Å². The summed E-state index contributed by atoms with van der Waals surface area (Å²) < 4.78 is 25.8. The maximum atomic E-state index is 12.2. The fourth-order valence-corrected chi connectivity index (χ4v) is 4.00. The highest BCUT2D eigenvalue weighted by molar-refractivity contribution is 7.89. The third kappa shape index (κ3) is 2.07. The molecule has 1 heterocycles. The smallest absolute Gasteiger partial charge is 0.207 e. The van der Waals surface area contributed by atoms with Gasteiger partial charge in [-0.05, 0) is 25.0 Å². The first-order valence-electron chi connectivity index (χ1n) is 4.97. The van der Waals surface area contributed by atoms with Crippen molar-refractivity contribution in [3.8, 4) is 0 Å². The minimum Gasteiger partial charge on any atom is -0.207 e. The first kappa shape index (κ1) is 12.2. The largest absolute Gasteiger partial charge is 0.244 e. The predicted molar refractivity (Wildman–Crippen MR) is 64.5 cm³/mol. The van der Waals surface area contributed by atoms with Gasteiger partial charge in [-0.2, -0.15) is 4.31 Å². The Morgan fingerprint density at radius 1 is 1.12 bits per heavy atom. The molecule has 1 fully saturated rings. The van der Waals surface area contributed by atoms with Crippen LogP contribution in [0.4, 0.5) is 0 Å². The molecule has 0 unspecified atom stereocenters. The lowest BCUT2D eigenvalue weighted by atomic mass is 10.4. The van der Waals surface area contributed by atoms with E-state index in [-0.39, 0.29) is 14.9 Å². The summed E-state index contributed by atoms with van der Waals surface area (Å²) in [6.07, 6.45) is 1.80. The fraction of sp³-hybridized carbons (Fsp3) is 0.400. The van der Waals surface area contributed by atoms with E-state index in [1.54, 1.807) is 12.1 Å². The van der Waals surface area contributed by atoms with Gasteiger partial charge in [-0.1, -0.05) is 29.3 Å². The minimum absolute atomic E-state index is 0.101. The minimum atomic E-state index is -3.47. The lowest BCUT2D eigenvalue weighted by molar-refractivity contribution is 0.477. The summed E-state index contributed by atoms with van der Waals surface area (Å²) in [5.74, 6) is 0. The molecule has 1 aromatic rings. The van der Waals surface area contributed by atoms with Crippen LogP contribution in [0, 0.1) is 0 Å². The zero-order valence-corrected chi connectivity index (χ0v) is 10.8. The maximum Gasteiger partial charge on any atom is 0.244 e. The molecule has 0 aliphatic carbocycles. The third-order valence-corrected chi connectivity index (χ3v) is 5.47. The average molecular weight is 280 g/mol. The van der Waals surface area contributed by atoms with Gasteiger partial charge in [0.2, 0.25) is 10.0 Å². The molecule has 0 atom stereocenters. The van der Waals surface area contributed by atoms with Crippen molar-refractivity contribution in [1.82, 2.24) is 4.31 Å². The molecule has 0 amide bonds. The number of hydrogen-bond acceptors (Lipinski definition) is 2. The van der Waals surface area contributed by atoms with Crippen LogP contribution in [0.25, 0.3) is 0 Å². The van der Waals surface area contributed by atoms with Crippen LogP contribution in [-0.2, 0) is 10.0 Å². The molecule has 0 radical (unpaired) electrons. The monoisotopic (exact) mass is 279 g/mol. The van der Waals surface area contributed by atoms with Crippen molar-refractivity contribution >= 4 is 33.2 Å². The first-order valence-corrected chi connectivity index (χ1v) is 7.17. The van der Waals surface area contributed by atoms with E-state index in [2.05, 4.69) is 0 Å². The van der Waals surface area contributed by atoms with Crippen molar-refractivity contribution in [3.05, 3.63) is 28.2 Å². The molecule has 3 nitrogen and oxygen atoms in total. The maximum absolute atomic E-state index is 12.2. The molecule has 0 aromatic heterocycles. The molecule has 0 saturated carbocycles. The molecule has 1 aliphatic rings. The van der Waals surface area contributed by atoms with Crippen molar-refractivity contribution in [1.29, 1.82) is 0 Å². The molecule has 88 valence electrons. The summed E-state index contributed by atoms with van der Waals surface area (Å²) in [6.45, 7) is 1.12. The molecular formula is C10H11Cl2NO2S. The van der Waals surface area contributed by atoms with E-state index in [0.29, 0.717) is 13.1 Å². The Morgan fingerprint density at radius 2 is 1.75 bits per heavy atom. The van der Waals surface area contributed by atoms with E-state index in [4.69, 9.17) is 23.2 Å². The molecule has 0 N–H and O–H groups in total. The standard InChI is InChI=1S/C10H11Cl2NO2S/c11-8-4-3-5-9(10(8)12)16(14,15)13-6-1-2-7-13/h3-5H,1-2,6-7H2. The molecule has 1 aliphatic heterocycles. The number of nitrogens with zero attached hydrogens (tertiary/aromatic N) is 1. The average Bonchev–Trinajstić information content (AvgIpc) is 2.75. The zero-order valence-electron chi connectivity index (χ0n) is 8.49. The van der Waals surface area contributed by atoms with Gasteiger partial charge in [-0.25, -0.2) is 8.42 Å². The van der Waals surface area contributed by atoms with Crippen LogP contribution < -0.4 is 0 Å². The van der Waals surface area contributed by atoms with Crippen molar-refractivity contribution in [3.63, 3.8) is 0 Å². The molecule has 2 rings (SSSR count). The molecule has 0 spiro atoms. The molecule has 6 heteroatoms. The van der Waals surface area contributed by atoms with Crippen LogP contribution in [0.3, 0.4) is 0 Å². The van der Waals surface area contributed by atoms with Crippen LogP contribution in [0.1, 0.15) is 12.8 Å².